The molecule has 0 spiro atoms. The highest BCUT2D eigenvalue weighted by Gasteiger charge is 2.46. The minimum absolute atomic E-state index is 0.137. The molecule has 0 bridgehead atoms. The number of ether oxygens (including phenoxy) is 1. The van der Waals surface area contributed by atoms with E-state index in [2.05, 4.69) is 15.6 Å². The quantitative estimate of drug-likeness (QED) is 0.335. The summed E-state index contributed by atoms with van der Waals surface area (Å²) >= 11 is 0. The molecular weight excluding hydrogens is 492 g/mol. The van der Waals surface area contributed by atoms with E-state index in [1.807, 2.05) is 72.8 Å². The average Bonchev–Trinajstić information content (AvgIpc) is 3.29. The van der Waals surface area contributed by atoms with Gasteiger partial charge in [-0.3, -0.25) is 19.5 Å². The van der Waals surface area contributed by atoms with Crippen LogP contribution in [0.5, 0.6) is 0 Å². The number of pyridine rings is 1. The van der Waals surface area contributed by atoms with Crippen LogP contribution in [-0.4, -0.2) is 33.8 Å². The van der Waals surface area contributed by atoms with Gasteiger partial charge in [0, 0.05) is 11.9 Å². The minimum atomic E-state index is -0.889. The molecule has 1 aliphatic rings. The van der Waals surface area contributed by atoms with Crippen LogP contribution in [0, 0.1) is 0 Å². The molecule has 1 aliphatic heterocycles. The van der Waals surface area contributed by atoms with E-state index in [4.69, 9.17) is 4.74 Å². The van der Waals surface area contributed by atoms with Crippen LogP contribution in [0.15, 0.2) is 109 Å². The minimum Gasteiger partial charge on any atom is -0.438 e. The van der Waals surface area contributed by atoms with E-state index in [1.54, 1.807) is 36.5 Å². The van der Waals surface area contributed by atoms with E-state index < -0.39 is 18.2 Å². The number of cyclic esters (lactones) is 1. The third-order valence-electron chi connectivity index (χ3n) is 6.45. The van der Waals surface area contributed by atoms with Crippen molar-refractivity contribution >= 4 is 23.6 Å². The van der Waals surface area contributed by atoms with Crippen LogP contribution in [0.1, 0.15) is 28.5 Å². The van der Waals surface area contributed by atoms with E-state index in [0.29, 0.717) is 16.9 Å². The van der Waals surface area contributed by atoms with Gasteiger partial charge in [-0.15, -0.1) is 0 Å². The molecule has 1 saturated heterocycles. The Kier molecular flexibility index (Phi) is 7.92. The second-order valence-electron chi connectivity index (χ2n) is 9.23. The average molecular weight is 521 g/mol. The van der Waals surface area contributed by atoms with Crippen molar-refractivity contribution in [3.8, 4) is 0 Å². The van der Waals surface area contributed by atoms with Crippen molar-refractivity contribution in [1.82, 2.24) is 15.2 Å². The van der Waals surface area contributed by atoms with Crippen LogP contribution in [-0.2, 0) is 33.8 Å². The Balaban J connectivity index is 1.32. The summed E-state index contributed by atoms with van der Waals surface area (Å²) in [6, 6.07) is 30.6. The Morgan fingerprint density at radius 1 is 0.821 bits per heavy atom. The summed E-state index contributed by atoms with van der Waals surface area (Å²) in [5, 5.41) is 5.79. The van der Waals surface area contributed by atoms with Crippen molar-refractivity contribution < 1.29 is 19.1 Å². The van der Waals surface area contributed by atoms with E-state index in [1.165, 1.54) is 4.90 Å². The first-order valence-corrected chi connectivity index (χ1v) is 12.7. The largest absolute Gasteiger partial charge is 0.438 e. The SMILES string of the molecule is O=C(Cc1ccccc1)Nc1ccc(C2OC(=O)N(Cc3ccccc3)C2C(=O)NCc2ccccn2)cc1. The molecule has 1 aromatic heterocycles. The van der Waals surface area contributed by atoms with Crippen molar-refractivity contribution in [3.63, 3.8) is 0 Å². The van der Waals surface area contributed by atoms with Gasteiger partial charge in [0.25, 0.3) is 0 Å². The van der Waals surface area contributed by atoms with Crippen molar-refractivity contribution in [2.24, 2.45) is 0 Å². The molecule has 2 heterocycles. The number of amides is 3. The summed E-state index contributed by atoms with van der Waals surface area (Å²) < 4.78 is 5.74. The lowest BCUT2D eigenvalue weighted by molar-refractivity contribution is -0.126. The van der Waals surface area contributed by atoms with E-state index in [-0.39, 0.29) is 31.3 Å². The van der Waals surface area contributed by atoms with Crippen LogP contribution < -0.4 is 10.6 Å². The molecule has 4 aromatic rings. The molecule has 8 heteroatoms. The summed E-state index contributed by atoms with van der Waals surface area (Å²) in [5.74, 6) is -0.477. The van der Waals surface area contributed by atoms with Gasteiger partial charge >= 0.3 is 6.09 Å². The van der Waals surface area contributed by atoms with Gasteiger partial charge in [-0.1, -0.05) is 78.9 Å². The summed E-state index contributed by atoms with van der Waals surface area (Å²) in [6.45, 7) is 0.452. The van der Waals surface area contributed by atoms with Gasteiger partial charge < -0.3 is 15.4 Å². The number of carbonyl (C=O) groups excluding carboxylic acids is 3. The number of hydrogen-bond acceptors (Lipinski definition) is 5. The van der Waals surface area contributed by atoms with Gasteiger partial charge in [0.15, 0.2) is 12.1 Å². The maximum Gasteiger partial charge on any atom is 0.411 e. The maximum atomic E-state index is 13.5. The normalized spacial score (nSPS) is 16.4. The van der Waals surface area contributed by atoms with E-state index in [0.717, 1.165) is 11.1 Å². The Bertz CT molecular complexity index is 1410. The van der Waals surface area contributed by atoms with Crippen molar-refractivity contribution in [3.05, 3.63) is 132 Å². The number of aromatic nitrogens is 1. The molecule has 2 unspecified atom stereocenters. The lowest BCUT2D eigenvalue weighted by atomic mass is 10.00. The number of anilines is 1. The molecule has 5 rings (SSSR count). The maximum absolute atomic E-state index is 13.5. The number of nitrogens with zero attached hydrogens (tertiary/aromatic N) is 2. The fraction of sp³-hybridized carbons (Fsp3) is 0.161. The molecular formula is C31H28N4O4. The number of rotatable bonds is 9. The standard InChI is InChI=1S/C31H28N4O4/c36-27(19-22-9-3-1-4-10-22)34-25-16-14-24(15-17-25)29-28(30(37)33-20-26-13-7-8-18-32-26)35(31(38)39-29)21-23-11-5-2-6-12-23/h1-18,28-29H,19-21H2,(H,33,37)(H,34,36). The molecule has 0 saturated carbocycles. The molecule has 0 radical (unpaired) electrons. The van der Waals surface area contributed by atoms with Crippen LogP contribution >= 0.6 is 0 Å². The van der Waals surface area contributed by atoms with Crippen LogP contribution in [0.3, 0.4) is 0 Å². The van der Waals surface area contributed by atoms with Gasteiger partial charge in [0.2, 0.25) is 11.8 Å². The topological polar surface area (TPSA) is 101 Å². The molecule has 0 aliphatic carbocycles. The number of benzene rings is 3. The summed E-state index contributed by atoms with van der Waals surface area (Å²) in [5.41, 5.74) is 3.77. The molecule has 1 fully saturated rings. The van der Waals surface area contributed by atoms with E-state index >= 15 is 0 Å². The van der Waals surface area contributed by atoms with Crippen molar-refractivity contribution in [1.29, 1.82) is 0 Å². The lowest BCUT2D eigenvalue weighted by Gasteiger charge is -2.24. The summed E-state index contributed by atoms with van der Waals surface area (Å²) in [7, 11) is 0. The van der Waals surface area contributed by atoms with Crippen LogP contribution in [0.25, 0.3) is 0 Å². The predicted octanol–water partition coefficient (Wildman–Crippen LogP) is 4.64. The second kappa shape index (κ2) is 12.0. The Labute approximate surface area is 226 Å². The summed E-state index contributed by atoms with van der Waals surface area (Å²) in [4.78, 5) is 44.6. The molecule has 196 valence electrons. The van der Waals surface area contributed by atoms with Crippen molar-refractivity contribution in [2.45, 2.75) is 31.7 Å². The summed E-state index contributed by atoms with van der Waals surface area (Å²) in [6.07, 6.45) is 0.533. The molecule has 2 atom stereocenters. The zero-order valence-corrected chi connectivity index (χ0v) is 21.2. The first-order valence-electron chi connectivity index (χ1n) is 12.7. The number of hydrogen-bond donors (Lipinski definition) is 2. The highest BCUT2D eigenvalue weighted by molar-refractivity contribution is 5.92. The molecule has 2 N–H and O–H groups in total. The van der Waals surface area contributed by atoms with Gasteiger partial charge in [-0.25, -0.2) is 4.79 Å². The monoisotopic (exact) mass is 520 g/mol. The molecule has 3 aromatic carbocycles. The highest BCUT2D eigenvalue weighted by Crippen LogP contribution is 2.34. The number of nitrogens with one attached hydrogen (secondary N) is 2. The smallest absolute Gasteiger partial charge is 0.411 e. The van der Waals surface area contributed by atoms with Crippen LogP contribution in [0.2, 0.25) is 0 Å². The zero-order chi connectivity index (χ0) is 27.0. The van der Waals surface area contributed by atoms with Crippen LogP contribution in [0.4, 0.5) is 10.5 Å². The Morgan fingerprint density at radius 2 is 1.49 bits per heavy atom. The Hall–Kier alpha value is -4.98. The molecule has 8 nitrogen and oxygen atoms in total. The first kappa shape index (κ1) is 25.7. The fourth-order valence-corrected chi connectivity index (χ4v) is 4.52. The second-order valence-corrected chi connectivity index (χ2v) is 9.23. The zero-order valence-electron chi connectivity index (χ0n) is 21.2. The fourth-order valence-electron chi connectivity index (χ4n) is 4.52. The third-order valence-corrected chi connectivity index (χ3v) is 6.45. The van der Waals surface area contributed by atoms with Gasteiger partial charge in [-0.05, 0) is 41.0 Å². The van der Waals surface area contributed by atoms with Crippen molar-refractivity contribution in [2.75, 3.05) is 5.32 Å². The third kappa shape index (κ3) is 6.48. The predicted molar refractivity (Wildman–Crippen MR) is 146 cm³/mol. The first-order chi connectivity index (χ1) is 19.1. The Morgan fingerprint density at radius 3 is 2.15 bits per heavy atom. The molecule has 3 amide bonds. The number of carbonyl (C=O) groups is 3. The van der Waals surface area contributed by atoms with E-state index in [9.17, 15) is 14.4 Å². The van der Waals surface area contributed by atoms with Gasteiger partial charge in [0.05, 0.1) is 25.2 Å². The molecule has 39 heavy (non-hydrogen) atoms. The van der Waals surface area contributed by atoms with Gasteiger partial charge in [-0.2, -0.15) is 0 Å². The lowest BCUT2D eigenvalue weighted by Crippen LogP contribution is -2.46. The van der Waals surface area contributed by atoms with Gasteiger partial charge in [0.1, 0.15) is 0 Å². The highest BCUT2D eigenvalue weighted by atomic mass is 16.6.